The van der Waals surface area contributed by atoms with E-state index in [2.05, 4.69) is 40.0 Å². The summed E-state index contributed by atoms with van der Waals surface area (Å²) in [4.78, 5) is 31.3. The molecule has 0 bridgehead atoms. The molecule has 3 N–H and O–H groups in total. The summed E-state index contributed by atoms with van der Waals surface area (Å²) in [6.07, 6.45) is 1.09. The summed E-state index contributed by atoms with van der Waals surface area (Å²) in [7, 11) is 0. The van der Waals surface area contributed by atoms with E-state index >= 15 is 0 Å². The van der Waals surface area contributed by atoms with Crippen LogP contribution < -0.4 is 5.73 Å². The second kappa shape index (κ2) is 12.2. The Morgan fingerprint density at radius 3 is 2.22 bits per heavy atom. The van der Waals surface area contributed by atoms with E-state index in [-0.39, 0.29) is 5.97 Å². The minimum Gasteiger partial charge on any atom is -0.461 e. The topological polar surface area (TPSA) is 98.1 Å². The summed E-state index contributed by atoms with van der Waals surface area (Å²) in [5.41, 5.74) is 8.53. The van der Waals surface area contributed by atoms with E-state index in [1.165, 1.54) is 6.20 Å². The molecule has 0 radical (unpaired) electrons. The number of thioether (sulfide) groups is 1. The molecule has 2 aromatic carbocycles. The van der Waals surface area contributed by atoms with Crippen molar-refractivity contribution < 1.29 is 27.5 Å². The van der Waals surface area contributed by atoms with Crippen LogP contribution in [0.4, 0.5) is 13.2 Å². The number of halogens is 3. The normalized spacial score (nSPS) is 13.2. The highest BCUT2D eigenvalue weighted by molar-refractivity contribution is 7.99. The summed E-state index contributed by atoms with van der Waals surface area (Å²) in [6.45, 7) is 0.884. The van der Waals surface area contributed by atoms with Crippen LogP contribution in [0.15, 0.2) is 59.9 Å². The molecule has 0 aliphatic heterocycles. The lowest BCUT2D eigenvalue weighted by molar-refractivity contribution is -0.118. The molecule has 0 amide bonds. The van der Waals surface area contributed by atoms with Crippen LogP contribution in [0.5, 0.6) is 0 Å². The number of ether oxygens (including phenoxy) is 1. The number of H-pyrrole nitrogens is 1. The second-order valence-electron chi connectivity index (χ2n) is 8.13. The molecule has 0 spiro atoms. The first-order valence-corrected chi connectivity index (χ1v) is 12.5. The van der Waals surface area contributed by atoms with Gasteiger partial charge in [-0.05, 0) is 42.0 Å². The molecule has 6 nitrogen and oxygen atoms in total. The number of nitrogens with one attached hydrogen (secondary N) is 1. The number of unbranched alkanes of at least 4 members (excludes halogenated alkanes) is 1. The molecule has 1 aliphatic carbocycles. The van der Waals surface area contributed by atoms with Crippen LogP contribution in [-0.2, 0) is 14.9 Å². The highest BCUT2D eigenvalue weighted by Crippen LogP contribution is 2.50. The molecular weight excluding hydrogens is 491 g/mol. The largest absolute Gasteiger partial charge is 0.461 e. The monoisotopic (exact) mass is 519 g/mol. The zero-order valence-electron chi connectivity index (χ0n) is 19.8. The molecule has 1 aromatic heterocycles. The number of nitrogens with two attached hydrogens (primary N) is 1. The zero-order chi connectivity index (χ0) is 26.2. The van der Waals surface area contributed by atoms with Crippen molar-refractivity contribution in [3.63, 3.8) is 0 Å². The standard InChI is InChI=1S/C24H24N2O3S.C2H4F3N/c1-2-29-22(28)21-15-25-23(26-21)30-14-8-7-13-24(16-27)19-11-5-3-9-17(19)18-10-4-6-12-20(18)24;3-2(4,5)1-6/h3-6,9-12,15-16H,2,7-8,13-14H2,1H3,(H,25,26);1,6H2. The minimum absolute atomic E-state index is 0.338. The molecule has 4 rings (SSSR count). The van der Waals surface area contributed by atoms with E-state index in [0.29, 0.717) is 17.5 Å². The van der Waals surface area contributed by atoms with Gasteiger partial charge in [0.2, 0.25) is 0 Å². The number of hydrogen-bond acceptors (Lipinski definition) is 6. The van der Waals surface area contributed by atoms with Crippen LogP contribution >= 0.6 is 11.8 Å². The van der Waals surface area contributed by atoms with Gasteiger partial charge in [0.05, 0.1) is 24.8 Å². The molecule has 1 heterocycles. The molecule has 192 valence electrons. The predicted molar refractivity (Wildman–Crippen MR) is 133 cm³/mol. The summed E-state index contributed by atoms with van der Waals surface area (Å²) in [6, 6.07) is 16.5. The van der Waals surface area contributed by atoms with Gasteiger partial charge in [0.25, 0.3) is 0 Å². The van der Waals surface area contributed by atoms with E-state index in [1.807, 2.05) is 24.3 Å². The van der Waals surface area contributed by atoms with Crippen molar-refractivity contribution in [3.8, 4) is 11.1 Å². The first kappa shape index (κ1) is 27.5. The van der Waals surface area contributed by atoms with Gasteiger partial charge in [-0.3, -0.25) is 0 Å². The van der Waals surface area contributed by atoms with Gasteiger partial charge >= 0.3 is 12.1 Å². The van der Waals surface area contributed by atoms with Crippen LogP contribution in [-0.4, -0.2) is 47.3 Å². The van der Waals surface area contributed by atoms with Crippen molar-refractivity contribution in [1.82, 2.24) is 9.97 Å². The van der Waals surface area contributed by atoms with E-state index < -0.39 is 18.1 Å². The van der Waals surface area contributed by atoms with Crippen molar-refractivity contribution >= 4 is 24.0 Å². The number of carbonyl (C=O) groups excluding carboxylic acids is 2. The number of alkyl halides is 3. The van der Waals surface area contributed by atoms with Crippen molar-refractivity contribution in [3.05, 3.63) is 71.5 Å². The number of carbonyl (C=O) groups is 2. The van der Waals surface area contributed by atoms with Crippen LogP contribution in [0, 0.1) is 0 Å². The minimum atomic E-state index is -4.18. The number of hydrogen-bond donors (Lipinski definition) is 2. The van der Waals surface area contributed by atoms with E-state index in [9.17, 15) is 22.8 Å². The molecule has 36 heavy (non-hydrogen) atoms. The number of benzene rings is 2. The Balaban J connectivity index is 0.000000538. The number of aromatic nitrogens is 2. The molecule has 0 saturated carbocycles. The third-order valence-corrected chi connectivity index (χ3v) is 6.76. The summed E-state index contributed by atoms with van der Waals surface area (Å²) in [5, 5.41) is 0.708. The lowest BCUT2D eigenvalue weighted by atomic mass is 9.75. The fourth-order valence-corrected chi connectivity index (χ4v) is 5.03. The maximum absolute atomic E-state index is 12.4. The summed E-state index contributed by atoms with van der Waals surface area (Å²) < 4.78 is 36.9. The number of aldehydes is 1. The number of nitrogens with zero attached hydrogens (tertiary/aromatic N) is 1. The predicted octanol–water partition coefficient (Wildman–Crippen LogP) is 5.52. The number of imidazole rings is 1. The van der Waals surface area contributed by atoms with Gasteiger partial charge in [0, 0.05) is 5.75 Å². The van der Waals surface area contributed by atoms with E-state index in [4.69, 9.17) is 4.74 Å². The van der Waals surface area contributed by atoms with Crippen LogP contribution in [0.1, 0.15) is 47.8 Å². The average Bonchev–Trinajstić information content (AvgIpc) is 3.46. The van der Waals surface area contributed by atoms with Gasteiger partial charge in [-0.15, -0.1) is 0 Å². The van der Waals surface area contributed by atoms with Gasteiger partial charge in [-0.1, -0.05) is 66.7 Å². The molecule has 0 atom stereocenters. The summed E-state index contributed by atoms with van der Waals surface area (Å²) >= 11 is 1.57. The molecule has 10 heteroatoms. The smallest absolute Gasteiger partial charge is 0.400 e. The molecule has 0 unspecified atom stereocenters. The lowest BCUT2D eigenvalue weighted by Crippen LogP contribution is -2.27. The SMILES string of the molecule is CCOC(=O)c1cnc(SCCCCC2(C=O)c3ccccc3-c3ccccc32)[nH]1.NCC(F)(F)F. The molecule has 0 saturated heterocycles. The van der Waals surface area contributed by atoms with Gasteiger partial charge < -0.3 is 20.2 Å². The van der Waals surface area contributed by atoms with E-state index in [0.717, 1.165) is 53.6 Å². The highest BCUT2D eigenvalue weighted by Gasteiger charge is 2.42. The van der Waals surface area contributed by atoms with Crippen LogP contribution in [0.2, 0.25) is 0 Å². The van der Waals surface area contributed by atoms with Gasteiger partial charge in [0.1, 0.15) is 12.0 Å². The Morgan fingerprint density at radius 1 is 1.11 bits per heavy atom. The Bertz CT molecular complexity index is 1130. The van der Waals surface area contributed by atoms with Crippen molar-refractivity contribution in [2.24, 2.45) is 5.73 Å². The lowest BCUT2D eigenvalue weighted by Gasteiger charge is -2.25. The van der Waals surface area contributed by atoms with Crippen molar-refractivity contribution in [1.29, 1.82) is 0 Å². The third-order valence-electron chi connectivity index (χ3n) is 5.79. The van der Waals surface area contributed by atoms with Crippen molar-refractivity contribution in [2.75, 3.05) is 18.9 Å². The number of fused-ring (bicyclic) bond motifs is 3. The molecule has 1 aliphatic rings. The maximum Gasteiger partial charge on any atom is 0.400 e. The summed E-state index contributed by atoms with van der Waals surface area (Å²) in [5.74, 6) is 0.469. The Morgan fingerprint density at radius 2 is 1.69 bits per heavy atom. The van der Waals surface area contributed by atoms with Gasteiger partial charge in [-0.2, -0.15) is 13.2 Å². The highest BCUT2D eigenvalue weighted by atomic mass is 32.2. The quantitative estimate of drug-likeness (QED) is 0.167. The molecule has 0 fully saturated rings. The fourth-order valence-electron chi connectivity index (χ4n) is 4.18. The molecule has 3 aromatic rings. The van der Waals surface area contributed by atoms with Gasteiger partial charge in [0.15, 0.2) is 5.16 Å². The van der Waals surface area contributed by atoms with E-state index in [1.54, 1.807) is 18.7 Å². The third kappa shape index (κ3) is 6.36. The molecular formula is C26H28F3N3O3S. The number of esters is 1. The Hall–Kier alpha value is -3.11. The maximum atomic E-state index is 12.4. The first-order chi connectivity index (χ1) is 17.3. The number of rotatable bonds is 9. The van der Waals surface area contributed by atoms with Crippen LogP contribution in [0.3, 0.4) is 0 Å². The van der Waals surface area contributed by atoms with Crippen molar-refractivity contribution in [2.45, 2.75) is 42.9 Å². The number of aromatic amines is 1. The van der Waals surface area contributed by atoms with Gasteiger partial charge in [-0.25, -0.2) is 9.78 Å². The van der Waals surface area contributed by atoms with Crippen LogP contribution in [0.25, 0.3) is 11.1 Å². The first-order valence-electron chi connectivity index (χ1n) is 11.5. The Kier molecular flexibility index (Phi) is 9.33. The Labute approximate surface area is 211 Å². The average molecular weight is 520 g/mol. The fraction of sp³-hybridized carbons (Fsp3) is 0.346. The second-order valence-corrected chi connectivity index (χ2v) is 9.21. The zero-order valence-corrected chi connectivity index (χ0v) is 20.6.